The lowest BCUT2D eigenvalue weighted by atomic mass is 10.2. The number of guanidine groups is 1. The summed E-state index contributed by atoms with van der Waals surface area (Å²) in [5.41, 5.74) is 7.89. The summed E-state index contributed by atoms with van der Waals surface area (Å²) >= 11 is 0. The Kier molecular flexibility index (Phi) is 7.26. The van der Waals surface area contributed by atoms with E-state index in [1.54, 1.807) is 6.20 Å². The number of hydrogen-bond acceptors (Lipinski definition) is 3. The van der Waals surface area contributed by atoms with Crippen LogP contribution >= 0.6 is 0 Å². The Labute approximate surface area is 139 Å². The fourth-order valence-electron chi connectivity index (χ4n) is 2.02. The molecule has 5 nitrogen and oxygen atoms in total. The van der Waals surface area contributed by atoms with Crippen LogP contribution in [0.2, 0.25) is 0 Å². The van der Waals surface area contributed by atoms with Gasteiger partial charge < -0.3 is 11.1 Å². The number of hydrogen-bond donors (Lipinski definition) is 2. The van der Waals surface area contributed by atoms with Crippen LogP contribution in [0.25, 0.3) is 0 Å². The topological polar surface area (TPSA) is 80.4 Å². The number of rotatable bonds is 8. The molecular weight excluding hydrogens is 308 g/mol. The first-order valence-corrected chi connectivity index (χ1v) is 9.05. The van der Waals surface area contributed by atoms with Crippen molar-refractivity contribution < 1.29 is 4.21 Å². The average molecular weight is 330 g/mol. The van der Waals surface area contributed by atoms with Gasteiger partial charge in [-0.1, -0.05) is 36.4 Å². The molecule has 2 rings (SSSR count). The fourth-order valence-corrected chi connectivity index (χ4v) is 3.02. The Morgan fingerprint density at radius 1 is 1.17 bits per heavy atom. The van der Waals surface area contributed by atoms with E-state index in [9.17, 15) is 4.21 Å². The second-order valence-corrected chi connectivity index (χ2v) is 6.62. The van der Waals surface area contributed by atoms with Crippen molar-refractivity contribution >= 4 is 16.8 Å². The summed E-state index contributed by atoms with van der Waals surface area (Å²) in [4.78, 5) is 8.45. The third-order valence-corrected chi connectivity index (χ3v) is 4.48. The standard InChI is InChI=1S/C17H22N4OS/c18-17(20-11-9-16-8-4-5-10-19-16)21-12-13-23(22)14-15-6-2-1-3-7-15/h1-8,10H,9,11-14H2,(H3,18,20,21). The van der Waals surface area contributed by atoms with Crippen molar-refractivity contribution in [2.24, 2.45) is 10.7 Å². The van der Waals surface area contributed by atoms with Gasteiger partial charge in [0.15, 0.2) is 5.96 Å². The SMILES string of the molecule is NC(=NCCS(=O)Cc1ccccc1)NCCc1ccccn1. The average Bonchev–Trinajstić information content (AvgIpc) is 2.57. The number of nitrogens with one attached hydrogen (secondary N) is 1. The first-order valence-electron chi connectivity index (χ1n) is 7.56. The predicted octanol–water partition coefficient (Wildman–Crippen LogP) is 1.48. The molecule has 0 aliphatic heterocycles. The van der Waals surface area contributed by atoms with Gasteiger partial charge in [-0.2, -0.15) is 0 Å². The largest absolute Gasteiger partial charge is 0.370 e. The van der Waals surface area contributed by atoms with Gasteiger partial charge in [-0.3, -0.25) is 14.2 Å². The van der Waals surface area contributed by atoms with Crippen molar-refractivity contribution in [1.29, 1.82) is 0 Å². The van der Waals surface area contributed by atoms with Crippen molar-refractivity contribution in [2.45, 2.75) is 12.2 Å². The molecular formula is C17H22N4OS. The van der Waals surface area contributed by atoms with Crippen LogP contribution < -0.4 is 11.1 Å². The third-order valence-electron chi connectivity index (χ3n) is 3.18. The number of pyridine rings is 1. The second-order valence-electron chi connectivity index (χ2n) is 5.04. The van der Waals surface area contributed by atoms with Gasteiger partial charge in [0.25, 0.3) is 0 Å². The molecule has 0 saturated heterocycles. The van der Waals surface area contributed by atoms with Gasteiger partial charge in [0.05, 0.1) is 6.54 Å². The van der Waals surface area contributed by atoms with Crippen LogP contribution in [0.3, 0.4) is 0 Å². The molecule has 0 saturated carbocycles. The maximum absolute atomic E-state index is 12.0. The highest BCUT2D eigenvalue weighted by Crippen LogP contribution is 2.02. The van der Waals surface area contributed by atoms with E-state index in [-0.39, 0.29) is 0 Å². The molecule has 122 valence electrons. The minimum absolute atomic E-state index is 0.387. The normalized spacial score (nSPS) is 12.8. The first-order chi connectivity index (χ1) is 11.2. The van der Waals surface area contributed by atoms with Crippen LogP contribution in [0, 0.1) is 0 Å². The lowest BCUT2D eigenvalue weighted by molar-refractivity contribution is 0.682. The van der Waals surface area contributed by atoms with Crippen LogP contribution in [-0.4, -0.2) is 34.0 Å². The lowest BCUT2D eigenvalue weighted by Gasteiger charge is -2.05. The van der Waals surface area contributed by atoms with E-state index in [0.717, 1.165) is 17.7 Å². The monoisotopic (exact) mass is 330 g/mol. The molecule has 0 amide bonds. The van der Waals surface area contributed by atoms with Gasteiger partial charge in [0, 0.05) is 47.2 Å². The highest BCUT2D eigenvalue weighted by molar-refractivity contribution is 7.84. The first kappa shape index (κ1) is 17.1. The Balaban J connectivity index is 1.63. The van der Waals surface area contributed by atoms with E-state index in [4.69, 9.17) is 5.73 Å². The van der Waals surface area contributed by atoms with Crippen molar-refractivity contribution in [3.8, 4) is 0 Å². The molecule has 2 aromatic rings. The zero-order chi connectivity index (χ0) is 16.3. The van der Waals surface area contributed by atoms with Crippen molar-refractivity contribution in [3.63, 3.8) is 0 Å². The molecule has 3 N–H and O–H groups in total. The van der Waals surface area contributed by atoms with E-state index in [2.05, 4.69) is 15.3 Å². The minimum atomic E-state index is -0.923. The Morgan fingerprint density at radius 3 is 2.70 bits per heavy atom. The molecule has 1 unspecified atom stereocenters. The molecule has 6 heteroatoms. The van der Waals surface area contributed by atoms with Crippen molar-refractivity contribution in [1.82, 2.24) is 10.3 Å². The van der Waals surface area contributed by atoms with Crippen molar-refractivity contribution in [2.75, 3.05) is 18.8 Å². The van der Waals surface area contributed by atoms with E-state index in [1.807, 2.05) is 48.5 Å². The molecule has 0 spiro atoms. The van der Waals surface area contributed by atoms with Gasteiger partial charge in [-0.25, -0.2) is 0 Å². The number of nitrogens with zero attached hydrogens (tertiary/aromatic N) is 2. The molecule has 0 aliphatic rings. The summed E-state index contributed by atoms with van der Waals surface area (Å²) in [6.45, 7) is 1.14. The highest BCUT2D eigenvalue weighted by atomic mass is 32.2. The molecule has 1 atom stereocenters. The molecule has 0 radical (unpaired) electrons. The number of benzene rings is 1. The van der Waals surface area contributed by atoms with Crippen molar-refractivity contribution in [3.05, 3.63) is 66.0 Å². The lowest BCUT2D eigenvalue weighted by Crippen LogP contribution is -2.33. The van der Waals surface area contributed by atoms with Gasteiger partial charge in [0.2, 0.25) is 0 Å². The Hall–Kier alpha value is -2.21. The molecule has 1 aromatic heterocycles. The summed E-state index contributed by atoms with van der Waals surface area (Å²) in [6.07, 6.45) is 2.56. The van der Waals surface area contributed by atoms with Crippen LogP contribution in [0.4, 0.5) is 0 Å². The van der Waals surface area contributed by atoms with E-state index in [0.29, 0.717) is 30.6 Å². The fraction of sp³-hybridized carbons (Fsp3) is 0.294. The third kappa shape index (κ3) is 7.06. The van der Waals surface area contributed by atoms with Crippen LogP contribution in [-0.2, 0) is 23.0 Å². The van der Waals surface area contributed by atoms with E-state index >= 15 is 0 Å². The molecule has 0 fully saturated rings. The summed E-state index contributed by atoms with van der Waals surface area (Å²) in [5.74, 6) is 1.46. The Morgan fingerprint density at radius 2 is 1.96 bits per heavy atom. The maximum Gasteiger partial charge on any atom is 0.188 e. The zero-order valence-electron chi connectivity index (χ0n) is 13.0. The van der Waals surface area contributed by atoms with Gasteiger partial charge in [0.1, 0.15) is 0 Å². The molecule has 0 aliphatic carbocycles. The summed E-state index contributed by atoms with van der Waals surface area (Å²) in [5, 5.41) is 3.04. The van der Waals surface area contributed by atoms with E-state index in [1.165, 1.54) is 0 Å². The van der Waals surface area contributed by atoms with Gasteiger partial charge >= 0.3 is 0 Å². The molecule has 23 heavy (non-hydrogen) atoms. The number of aliphatic imine (C=N–C) groups is 1. The highest BCUT2D eigenvalue weighted by Gasteiger charge is 2.01. The number of nitrogens with two attached hydrogens (primary N) is 1. The van der Waals surface area contributed by atoms with Crippen LogP contribution in [0.1, 0.15) is 11.3 Å². The second kappa shape index (κ2) is 9.74. The van der Waals surface area contributed by atoms with E-state index < -0.39 is 10.8 Å². The summed E-state index contributed by atoms with van der Waals surface area (Å²) in [6, 6.07) is 15.6. The minimum Gasteiger partial charge on any atom is -0.370 e. The molecule has 1 aromatic carbocycles. The zero-order valence-corrected chi connectivity index (χ0v) is 13.8. The maximum atomic E-state index is 12.0. The number of aromatic nitrogens is 1. The quantitative estimate of drug-likeness (QED) is 0.567. The van der Waals surface area contributed by atoms with Crippen LogP contribution in [0.5, 0.6) is 0 Å². The molecule has 0 bridgehead atoms. The molecule has 1 heterocycles. The predicted molar refractivity (Wildman–Crippen MR) is 95.6 cm³/mol. The van der Waals surface area contributed by atoms with Gasteiger partial charge in [-0.05, 0) is 17.7 Å². The van der Waals surface area contributed by atoms with Crippen LogP contribution in [0.15, 0.2) is 59.7 Å². The summed E-state index contributed by atoms with van der Waals surface area (Å²) < 4.78 is 12.0. The smallest absolute Gasteiger partial charge is 0.188 e. The Bertz CT molecular complexity index is 632. The summed E-state index contributed by atoms with van der Waals surface area (Å²) in [7, 11) is -0.923. The van der Waals surface area contributed by atoms with Gasteiger partial charge in [-0.15, -0.1) is 0 Å².